The van der Waals surface area contributed by atoms with Crippen LogP contribution in [0.1, 0.15) is 59.3 Å². The average Bonchev–Trinajstić information content (AvgIpc) is 1.58. The number of H-pyrrole nitrogens is 2. The summed E-state index contributed by atoms with van der Waals surface area (Å²) in [6, 6.07) is 45.9. The minimum Gasteiger partial charge on any atom is -0.497 e. The van der Waals surface area contributed by atoms with Crippen LogP contribution in [0.15, 0.2) is 205 Å². The number of hydrogen-bond donors (Lipinski definition) is 8. The summed E-state index contributed by atoms with van der Waals surface area (Å²) in [6.07, 6.45) is 6.09. The van der Waals surface area contributed by atoms with Gasteiger partial charge in [0.05, 0.1) is 59.5 Å². The average molecular weight is 1430 g/mol. The highest BCUT2D eigenvalue weighted by Gasteiger charge is 2.63. The SMILES string of the molecule is C=C[C@@H]1C[C@]1(NC(=O)[C@@H]1C[C@@H](Oc2cc(-c3ccccc3)nc3cc(OC)ccc23)C[C@@H]1N)C(=O)NS(=O)(=O)c1cccc2cc[nH]c12.C=C[C@@H]1C[C@]1(NC(=O)[C@@H]1C[C@@H](Oc2cc(-c3ccccc3)nc3cc(OC)ccc23)C[C@@H]1NC(=O)OC(C)(C)C)C(=O)NS(=O)(=O)c1cccc2cc[nH]c12. The number of hydrogen-bond acceptors (Lipinski definition) is 17. The topological polar surface area (TPSA) is 343 Å². The number of nitrogens with one attached hydrogen (secondary N) is 7. The first-order chi connectivity index (χ1) is 49.3. The Morgan fingerprint density at radius 1 is 0.563 bits per heavy atom. The predicted octanol–water partition coefficient (Wildman–Crippen LogP) is 10.5. The first-order valence-corrected chi connectivity index (χ1v) is 36.6. The van der Waals surface area contributed by atoms with E-state index in [2.05, 4.69) is 48.5 Å². The summed E-state index contributed by atoms with van der Waals surface area (Å²) in [5, 5.41) is 11.4. The second kappa shape index (κ2) is 28.0. The highest BCUT2D eigenvalue weighted by Crippen LogP contribution is 2.48. The van der Waals surface area contributed by atoms with Crippen LogP contribution in [0.25, 0.3) is 66.1 Å². The van der Waals surface area contributed by atoms with E-state index < -0.39 is 114 Å². The maximum absolute atomic E-state index is 14.3. The molecular weight excluding hydrogens is 1350 g/mol. The number of carbonyl (C=O) groups is 5. The van der Waals surface area contributed by atoms with Gasteiger partial charge in [-0.3, -0.25) is 19.2 Å². The molecule has 0 saturated heterocycles. The molecule has 532 valence electrons. The molecule has 0 aliphatic heterocycles. The maximum Gasteiger partial charge on any atom is 0.407 e. The summed E-state index contributed by atoms with van der Waals surface area (Å²) < 4.78 is 87.8. The second-order valence-electron chi connectivity index (χ2n) is 27.3. The van der Waals surface area contributed by atoms with Gasteiger partial charge in [0.2, 0.25) is 11.8 Å². The van der Waals surface area contributed by atoms with Crippen LogP contribution in [0.2, 0.25) is 0 Å². The zero-order chi connectivity index (χ0) is 72.8. The number of alkyl carbamates (subject to hydrolysis) is 1. The van der Waals surface area contributed by atoms with E-state index in [4.69, 9.17) is 39.4 Å². The van der Waals surface area contributed by atoms with Crippen molar-refractivity contribution in [3.05, 3.63) is 195 Å². The molecule has 0 unspecified atom stereocenters. The number of nitrogens with two attached hydrogens (primary N) is 1. The van der Waals surface area contributed by atoms with Gasteiger partial charge >= 0.3 is 6.09 Å². The van der Waals surface area contributed by atoms with E-state index in [1.54, 1.807) is 89.9 Å². The largest absolute Gasteiger partial charge is 0.497 e. The first-order valence-electron chi connectivity index (χ1n) is 33.6. The molecule has 14 rings (SSSR count). The van der Waals surface area contributed by atoms with Crippen molar-refractivity contribution >= 4 is 93.4 Å². The Kier molecular flexibility index (Phi) is 19.1. The number of aromatic amines is 2. The number of aromatic nitrogens is 4. The molecule has 4 saturated carbocycles. The van der Waals surface area contributed by atoms with E-state index in [1.807, 2.05) is 109 Å². The molecule has 103 heavy (non-hydrogen) atoms. The lowest BCUT2D eigenvalue weighted by atomic mass is 10.0. The van der Waals surface area contributed by atoms with Gasteiger partial charge in [0.1, 0.15) is 61.7 Å². The van der Waals surface area contributed by atoms with Gasteiger partial charge in [0.25, 0.3) is 31.9 Å². The van der Waals surface area contributed by atoms with Crippen LogP contribution in [-0.2, 0) is 44.0 Å². The number of para-hydroxylation sites is 2. The Morgan fingerprint density at radius 3 is 1.45 bits per heavy atom. The molecule has 4 heterocycles. The van der Waals surface area contributed by atoms with Crippen LogP contribution < -0.4 is 50.1 Å². The van der Waals surface area contributed by atoms with Gasteiger partial charge < -0.3 is 55.3 Å². The molecule has 0 radical (unpaired) electrons. The minimum atomic E-state index is -4.34. The summed E-state index contributed by atoms with van der Waals surface area (Å²) in [5.74, 6) is -2.80. The van der Waals surface area contributed by atoms with E-state index in [1.165, 1.54) is 18.2 Å². The summed E-state index contributed by atoms with van der Waals surface area (Å²) in [6.45, 7) is 12.8. The Morgan fingerprint density at radius 2 is 1.01 bits per heavy atom. The molecule has 6 aromatic carbocycles. The van der Waals surface area contributed by atoms with Crippen LogP contribution in [0.5, 0.6) is 23.0 Å². The molecule has 9 N–H and O–H groups in total. The fourth-order valence-corrected chi connectivity index (χ4v) is 16.4. The van der Waals surface area contributed by atoms with Crippen molar-refractivity contribution < 1.29 is 64.5 Å². The summed E-state index contributed by atoms with van der Waals surface area (Å²) in [4.78, 5) is 83.9. The number of pyridine rings is 2. The third kappa shape index (κ3) is 14.6. The van der Waals surface area contributed by atoms with Crippen LogP contribution in [0, 0.1) is 23.7 Å². The van der Waals surface area contributed by atoms with E-state index in [-0.39, 0.29) is 35.5 Å². The highest BCUT2D eigenvalue weighted by molar-refractivity contribution is 7.90. The highest BCUT2D eigenvalue weighted by atomic mass is 32.2. The molecule has 4 aliphatic rings. The standard InChI is InChI=1S/C41H43N5O8S.C36H35N5O6S/c1-6-26-23-41(26,38(48)46-55(50,51)35-14-10-13-25-17-18-42-36(25)35)45-37(47)30-19-28(21-33(30)44-39(49)54-40(2,3)4)53-34-22-31(24-11-8-7-9-12-24)43-32-20-27(52-5)15-16-29(32)34;1-3-23-20-36(23,35(43)41-48(44,45)32-11-7-10-22-14-15-38-33(22)32)40-34(42)27-16-25(17-28(27)37)47-31-19-29(21-8-5-4-6-9-21)39-30-18-24(46-2)12-13-26(30)31/h6-18,20,22,26,28,30,33,42H,1,19,21,23H2,2-5H3,(H,44,49)(H,45,47)(H,46,48);3-15,18-19,23,25,27-28,38H,1,16-17,20,37H2,2H3,(H,40,42)(H,41,43)/t26-,28-,30-,33+,41-;23-,25-,27-,28+,36-/m11/s1. The van der Waals surface area contributed by atoms with Crippen molar-refractivity contribution in [2.24, 2.45) is 29.4 Å². The fourth-order valence-electron chi connectivity index (χ4n) is 13.9. The lowest BCUT2D eigenvalue weighted by Gasteiger charge is -2.26. The first kappa shape index (κ1) is 70.4. The molecule has 4 fully saturated rings. The monoisotopic (exact) mass is 1430 g/mol. The van der Waals surface area contributed by atoms with Crippen LogP contribution >= 0.6 is 0 Å². The molecule has 10 aromatic rings. The van der Waals surface area contributed by atoms with Crippen molar-refractivity contribution in [3.8, 4) is 45.5 Å². The van der Waals surface area contributed by atoms with Gasteiger partial charge in [-0.15, -0.1) is 13.2 Å². The predicted molar refractivity (Wildman–Crippen MR) is 388 cm³/mol. The van der Waals surface area contributed by atoms with Crippen molar-refractivity contribution in [2.75, 3.05) is 14.2 Å². The third-order valence-electron chi connectivity index (χ3n) is 19.4. The van der Waals surface area contributed by atoms with Gasteiger partial charge in [-0.2, -0.15) is 0 Å². The van der Waals surface area contributed by atoms with Crippen molar-refractivity contribution in [3.63, 3.8) is 0 Å². The van der Waals surface area contributed by atoms with Gasteiger partial charge in [0, 0.05) is 106 Å². The molecule has 26 heteroatoms. The number of ether oxygens (including phenoxy) is 5. The second-order valence-corrected chi connectivity index (χ2v) is 30.6. The number of carbonyl (C=O) groups excluding carboxylic acids is 5. The molecule has 24 nitrogen and oxygen atoms in total. The Bertz CT molecular complexity index is 5220. The summed E-state index contributed by atoms with van der Waals surface area (Å²) in [5.41, 5.74) is 7.94. The zero-order valence-electron chi connectivity index (χ0n) is 57.1. The summed E-state index contributed by atoms with van der Waals surface area (Å²) in [7, 11) is -5.42. The molecule has 4 aromatic heterocycles. The van der Waals surface area contributed by atoms with Crippen molar-refractivity contribution in [1.29, 1.82) is 0 Å². The van der Waals surface area contributed by atoms with Crippen LogP contribution in [-0.4, -0.2) is 122 Å². The van der Waals surface area contributed by atoms with E-state index >= 15 is 0 Å². The van der Waals surface area contributed by atoms with Gasteiger partial charge in [-0.25, -0.2) is 41.0 Å². The molecule has 0 spiro atoms. The molecule has 4 aliphatic carbocycles. The maximum atomic E-state index is 14.3. The lowest BCUT2D eigenvalue weighted by molar-refractivity contribution is -0.132. The normalized spacial score (nSPS) is 22.7. The smallest absolute Gasteiger partial charge is 0.407 e. The fraction of sp³-hybridized carbons (Fsp3) is 0.286. The molecular formula is C77H78N10O14S2. The number of benzene rings is 6. The number of methoxy groups -OCH3 is 2. The van der Waals surface area contributed by atoms with E-state index in [9.17, 15) is 40.8 Å². The Labute approximate surface area is 594 Å². The number of rotatable bonds is 21. The minimum absolute atomic E-state index is 0.0639. The Balaban J connectivity index is 0.000000185. The number of fused-ring (bicyclic) bond motifs is 4. The van der Waals surface area contributed by atoms with Crippen molar-refractivity contribution in [1.82, 2.24) is 45.3 Å². The number of sulfonamides is 2. The van der Waals surface area contributed by atoms with Crippen LogP contribution in [0.4, 0.5) is 4.79 Å². The zero-order valence-corrected chi connectivity index (χ0v) is 58.7. The van der Waals surface area contributed by atoms with Gasteiger partial charge in [-0.1, -0.05) is 97.1 Å². The van der Waals surface area contributed by atoms with E-state index in [0.29, 0.717) is 74.4 Å². The third-order valence-corrected chi connectivity index (χ3v) is 22.1. The van der Waals surface area contributed by atoms with Gasteiger partial charge in [0.15, 0.2) is 0 Å². The van der Waals surface area contributed by atoms with E-state index in [0.717, 1.165) is 27.6 Å². The number of amides is 5. The van der Waals surface area contributed by atoms with Crippen molar-refractivity contribution in [2.45, 2.75) is 110 Å². The number of nitrogens with zero attached hydrogens (tertiary/aromatic N) is 2. The Hall–Kier alpha value is -11.1. The lowest BCUT2D eigenvalue weighted by Crippen LogP contribution is -2.55. The van der Waals surface area contributed by atoms with Crippen LogP contribution in [0.3, 0.4) is 0 Å². The molecule has 5 amide bonds. The van der Waals surface area contributed by atoms with Gasteiger partial charge in [-0.05, 0) is 95.0 Å². The summed E-state index contributed by atoms with van der Waals surface area (Å²) >= 11 is 0. The quantitative estimate of drug-likeness (QED) is 0.0310. The molecule has 0 bridgehead atoms. The molecule has 10 atom stereocenters.